The van der Waals surface area contributed by atoms with Gasteiger partial charge in [-0.05, 0) is 44.5 Å². The van der Waals surface area contributed by atoms with E-state index in [1.807, 2.05) is 31.2 Å². The van der Waals surface area contributed by atoms with Crippen molar-refractivity contribution in [2.75, 3.05) is 28.5 Å². The zero-order valence-corrected chi connectivity index (χ0v) is 12.8. The van der Waals surface area contributed by atoms with E-state index in [1.54, 1.807) is 0 Å². The van der Waals surface area contributed by atoms with Crippen LogP contribution in [0, 0.1) is 0 Å². The van der Waals surface area contributed by atoms with E-state index in [9.17, 15) is 8.42 Å². The van der Waals surface area contributed by atoms with E-state index < -0.39 is 10.0 Å². The average Bonchev–Trinajstić information content (AvgIpc) is 2.39. The molecular formula is C14H24N2O2S. The molecule has 0 aliphatic carbocycles. The fraction of sp³-hybridized carbons (Fsp3) is 0.571. The lowest BCUT2D eigenvalue weighted by Crippen LogP contribution is -2.21. The quantitative estimate of drug-likeness (QED) is 0.798. The Morgan fingerprint density at radius 3 is 2.11 bits per heavy atom. The first-order valence-electron chi connectivity index (χ1n) is 6.87. The number of nitrogens with one attached hydrogen (secondary N) is 1. The molecule has 0 bridgehead atoms. The standard InChI is InChI=1S/C14H24N2O2S/c1-4-7-12-19(17,18)15-13-8-10-14(11-9-13)16(5-2)6-3/h8-11,15H,4-7,12H2,1-3H3. The summed E-state index contributed by atoms with van der Waals surface area (Å²) in [5, 5.41) is 0. The van der Waals surface area contributed by atoms with Gasteiger partial charge < -0.3 is 4.90 Å². The molecule has 1 aromatic rings. The summed E-state index contributed by atoms with van der Waals surface area (Å²) in [6, 6.07) is 7.53. The first kappa shape index (κ1) is 15.8. The van der Waals surface area contributed by atoms with Crippen LogP contribution in [0.5, 0.6) is 0 Å². The summed E-state index contributed by atoms with van der Waals surface area (Å²) in [6.07, 6.45) is 1.56. The van der Waals surface area contributed by atoms with Crippen molar-refractivity contribution in [3.8, 4) is 0 Å². The molecule has 0 atom stereocenters. The molecule has 0 radical (unpaired) electrons. The molecule has 0 aliphatic rings. The molecule has 0 saturated carbocycles. The van der Waals surface area contributed by atoms with Crippen LogP contribution in [-0.2, 0) is 10.0 Å². The van der Waals surface area contributed by atoms with E-state index in [-0.39, 0.29) is 5.75 Å². The Labute approximate surface area is 116 Å². The molecule has 0 aliphatic heterocycles. The van der Waals surface area contributed by atoms with Gasteiger partial charge in [0.1, 0.15) is 0 Å². The third kappa shape index (κ3) is 5.11. The summed E-state index contributed by atoms with van der Waals surface area (Å²) in [7, 11) is -3.20. The van der Waals surface area contributed by atoms with Crippen molar-refractivity contribution < 1.29 is 8.42 Å². The number of hydrogen-bond acceptors (Lipinski definition) is 3. The highest BCUT2D eigenvalue weighted by atomic mass is 32.2. The van der Waals surface area contributed by atoms with Crippen LogP contribution in [0.25, 0.3) is 0 Å². The van der Waals surface area contributed by atoms with Gasteiger partial charge in [-0.3, -0.25) is 4.72 Å². The van der Waals surface area contributed by atoms with Gasteiger partial charge in [-0.25, -0.2) is 8.42 Å². The predicted octanol–water partition coefficient (Wildman–Crippen LogP) is 3.07. The molecule has 0 unspecified atom stereocenters. The highest BCUT2D eigenvalue weighted by molar-refractivity contribution is 7.92. The van der Waals surface area contributed by atoms with Crippen LogP contribution in [0.3, 0.4) is 0 Å². The van der Waals surface area contributed by atoms with Crippen molar-refractivity contribution in [2.45, 2.75) is 33.6 Å². The number of nitrogens with zero attached hydrogens (tertiary/aromatic N) is 1. The van der Waals surface area contributed by atoms with Gasteiger partial charge >= 0.3 is 0 Å². The Hall–Kier alpha value is -1.23. The number of unbranched alkanes of at least 4 members (excludes halogenated alkanes) is 1. The van der Waals surface area contributed by atoms with Crippen molar-refractivity contribution in [1.82, 2.24) is 0 Å². The van der Waals surface area contributed by atoms with Crippen molar-refractivity contribution in [3.63, 3.8) is 0 Å². The molecule has 0 heterocycles. The Bertz CT molecular complexity index is 465. The molecule has 4 nitrogen and oxygen atoms in total. The number of benzene rings is 1. The molecule has 1 aromatic carbocycles. The lowest BCUT2D eigenvalue weighted by Gasteiger charge is -2.21. The van der Waals surface area contributed by atoms with Crippen molar-refractivity contribution in [3.05, 3.63) is 24.3 Å². The molecule has 0 fully saturated rings. The Kier molecular flexibility index (Phi) is 6.15. The van der Waals surface area contributed by atoms with E-state index in [2.05, 4.69) is 23.5 Å². The third-order valence-electron chi connectivity index (χ3n) is 3.04. The van der Waals surface area contributed by atoms with E-state index in [4.69, 9.17) is 0 Å². The molecule has 0 spiro atoms. The van der Waals surface area contributed by atoms with Crippen LogP contribution in [-0.4, -0.2) is 27.3 Å². The van der Waals surface area contributed by atoms with Crippen LogP contribution < -0.4 is 9.62 Å². The minimum atomic E-state index is -3.20. The van der Waals surface area contributed by atoms with Gasteiger partial charge in [0.05, 0.1) is 5.75 Å². The van der Waals surface area contributed by atoms with Crippen LogP contribution in [0.1, 0.15) is 33.6 Å². The third-order valence-corrected chi connectivity index (χ3v) is 4.41. The predicted molar refractivity (Wildman–Crippen MR) is 82.3 cm³/mol. The maximum atomic E-state index is 11.8. The minimum absolute atomic E-state index is 0.182. The molecular weight excluding hydrogens is 260 g/mol. The van der Waals surface area contributed by atoms with Crippen LogP contribution in [0.15, 0.2) is 24.3 Å². The van der Waals surface area contributed by atoms with E-state index in [0.717, 1.165) is 25.2 Å². The average molecular weight is 284 g/mol. The van der Waals surface area contributed by atoms with Crippen LogP contribution >= 0.6 is 0 Å². The topological polar surface area (TPSA) is 49.4 Å². The van der Waals surface area contributed by atoms with Gasteiger partial charge in [0, 0.05) is 24.5 Å². The normalized spacial score (nSPS) is 11.3. The van der Waals surface area contributed by atoms with Gasteiger partial charge in [0.25, 0.3) is 0 Å². The fourth-order valence-corrected chi connectivity index (χ4v) is 3.16. The number of rotatable bonds is 8. The summed E-state index contributed by atoms with van der Waals surface area (Å²) < 4.78 is 26.1. The van der Waals surface area contributed by atoms with Gasteiger partial charge in [0.2, 0.25) is 10.0 Å². The van der Waals surface area contributed by atoms with E-state index in [1.165, 1.54) is 0 Å². The SMILES string of the molecule is CCCCS(=O)(=O)Nc1ccc(N(CC)CC)cc1. The second-order valence-electron chi connectivity index (χ2n) is 4.49. The lowest BCUT2D eigenvalue weighted by molar-refractivity contribution is 0.598. The molecule has 0 amide bonds. The molecule has 1 N–H and O–H groups in total. The maximum Gasteiger partial charge on any atom is 0.232 e. The first-order valence-corrected chi connectivity index (χ1v) is 8.53. The molecule has 108 valence electrons. The Morgan fingerprint density at radius 1 is 1.05 bits per heavy atom. The first-order chi connectivity index (χ1) is 9.02. The fourth-order valence-electron chi connectivity index (χ4n) is 1.89. The molecule has 1 rings (SSSR count). The van der Waals surface area contributed by atoms with Gasteiger partial charge in [-0.2, -0.15) is 0 Å². The Morgan fingerprint density at radius 2 is 1.63 bits per heavy atom. The molecule has 19 heavy (non-hydrogen) atoms. The highest BCUT2D eigenvalue weighted by Crippen LogP contribution is 2.18. The second kappa shape index (κ2) is 7.38. The summed E-state index contributed by atoms with van der Waals surface area (Å²) in [5.41, 5.74) is 1.74. The van der Waals surface area contributed by atoms with Gasteiger partial charge in [-0.15, -0.1) is 0 Å². The molecule has 0 saturated heterocycles. The summed E-state index contributed by atoms with van der Waals surface area (Å²) in [6.45, 7) is 8.07. The maximum absolute atomic E-state index is 11.8. The summed E-state index contributed by atoms with van der Waals surface area (Å²) in [4.78, 5) is 2.22. The van der Waals surface area contributed by atoms with Gasteiger partial charge in [-0.1, -0.05) is 13.3 Å². The van der Waals surface area contributed by atoms with Gasteiger partial charge in [0.15, 0.2) is 0 Å². The van der Waals surface area contributed by atoms with Crippen molar-refractivity contribution in [1.29, 1.82) is 0 Å². The monoisotopic (exact) mass is 284 g/mol. The Balaban J connectivity index is 2.71. The molecule has 0 aromatic heterocycles. The van der Waals surface area contributed by atoms with Crippen molar-refractivity contribution >= 4 is 21.4 Å². The number of anilines is 2. The lowest BCUT2D eigenvalue weighted by atomic mass is 10.2. The zero-order chi connectivity index (χ0) is 14.3. The van der Waals surface area contributed by atoms with Crippen LogP contribution in [0.4, 0.5) is 11.4 Å². The molecule has 5 heteroatoms. The summed E-state index contributed by atoms with van der Waals surface area (Å²) >= 11 is 0. The highest BCUT2D eigenvalue weighted by Gasteiger charge is 2.09. The van der Waals surface area contributed by atoms with E-state index in [0.29, 0.717) is 12.1 Å². The van der Waals surface area contributed by atoms with Crippen molar-refractivity contribution in [2.24, 2.45) is 0 Å². The smallest absolute Gasteiger partial charge is 0.232 e. The minimum Gasteiger partial charge on any atom is -0.372 e. The zero-order valence-electron chi connectivity index (χ0n) is 12.0. The largest absolute Gasteiger partial charge is 0.372 e. The number of hydrogen-bond donors (Lipinski definition) is 1. The second-order valence-corrected chi connectivity index (χ2v) is 6.34. The van der Waals surface area contributed by atoms with Crippen LogP contribution in [0.2, 0.25) is 0 Å². The van der Waals surface area contributed by atoms with E-state index >= 15 is 0 Å². The number of sulfonamides is 1. The summed E-state index contributed by atoms with van der Waals surface area (Å²) in [5.74, 6) is 0.182.